The largest absolute Gasteiger partial charge is 0.365 e. The maximum Gasteiger partial charge on any atom is 0.252 e. The second kappa shape index (κ2) is 8.42. The molecule has 0 bridgehead atoms. The number of quaternary nitrogens is 1. The van der Waals surface area contributed by atoms with E-state index in [4.69, 9.17) is 5.73 Å². The zero-order valence-corrected chi connectivity index (χ0v) is 17.3. The number of amides is 2. The van der Waals surface area contributed by atoms with Crippen molar-refractivity contribution in [3.63, 3.8) is 0 Å². The summed E-state index contributed by atoms with van der Waals surface area (Å²) in [6, 6.07) is 8.03. The fourth-order valence-electron chi connectivity index (χ4n) is 3.35. The van der Waals surface area contributed by atoms with Gasteiger partial charge in [-0.05, 0) is 24.6 Å². The average molecular weight is 423 g/mol. The summed E-state index contributed by atoms with van der Waals surface area (Å²) in [5.74, 6) is -1.31. The van der Waals surface area contributed by atoms with Gasteiger partial charge in [-0.2, -0.15) is 0 Å². The molecule has 1 atom stereocenters. The van der Waals surface area contributed by atoms with Crippen molar-refractivity contribution in [2.24, 2.45) is 5.73 Å². The van der Waals surface area contributed by atoms with Gasteiger partial charge in [0.25, 0.3) is 5.91 Å². The van der Waals surface area contributed by atoms with Crippen LogP contribution in [0.2, 0.25) is 0 Å². The van der Waals surface area contributed by atoms with Crippen LogP contribution in [-0.2, 0) is 27.6 Å². The molecule has 7 nitrogen and oxygen atoms in total. The van der Waals surface area contributed by atoms with Crippen molar-refractivity contribution in [3.8, 4) is 0 Å². The molecular formula is C19H24N3O4S2+. The minimum absolute atomic E-state index is 0.190. The number of hydrogen-bond donors (Lipinski definition) is 3. The van der Waals surface area contributed by atoms with E-state index in [2.05, 4.69) is 12.2 Å². The Kier molecular flexibility index (Phi) is 6.17. The van der Waals surface area contributed by atoms with Gasteiger partial charge in [-0.25, -0.2) is 8.42 Å². The summed E-state index contributed by atoms with van der Waals surface area (Å²) in [4.78, 5) is 27.0. The molecule has 0 saturated heterocycles. The van der Waals surface area contributed by atoms with Crippen molar-refractivity contribution in [2.45, 2.75) is 31.2 Å². The number of primary amides is 1. The van der Waals surface area contributed by atoms with E-state index >= 15 is 0 Å². The molecule has 0 saturated carbocycles. The van der Waals surface area contributed by atoms with Crippen molar-refractivity contribution in [1.29, 1.82) is 0 Å². The number of carbonyl (C=O) groups is 2. The smallest absolute Gasteiger partial charge is 0.252 e. The van der Waals surface area contributed by atoms with Crippen LogP contribution in [0, 0.1) is 0 Å². The fourth-order valence-corrected chi connectivity index (χ4v) is 5.95. The Morgan fingerprint density at radius 1 is 1.25 bits per heavy atom. The van der Waals surface area contributed by atoms with Gasteiger partial charge < -0.3 is 16.0 Å². The Hall–Kier alpha value is -2.23. The topological polar surface area (TPSA) is 111 Å². The SMILES string of the molecule is CC[NH+]1CCc2c(sc(NC(=O)CCS(=O)(=O)c3ccccc3)c2C(N)=O)C1. The highest BCUT2D eigenvalue weighted by atomic mass is 32.2. The fraction of sp³-hybridized carbons (Fsp3) is 0.368. The second-order valence-electron chi connectivity index (χ2n) is 6.78. The second-order valence-corrected chi connectivity index (χ2v) is 10.00. The summed E-state index contributed by atoms with van der Waals surface area (Å²) in [7, 11) is -3.54. The number of rotatable bonds is 7. The molecule has 0 radical (unpaired) electrons. The molecule has 0 fully saturated rings. The van der Waals surface area contributed by atoms with Crippen LogP contribution >= 0.6 is 11.3 Å². The lowest BCUT2D eigenvalue weighted by molar-refractivity contribution is -0.913. The molecule has 3 rings (SSSR count). The summed E-state index contributed by atoms with van der Waals surface area (Å²) >= 11 is 1.36. The van der Waals surface area contributed by atoms with Crippen LogP contribution in [0.15, 0.2) is 35.2 Å². The first-order valence-electron chi connectivity index (χ1n) is 9.17. The quantitative estimate of drug-likeness (QED) is 0.607. The molecule has 1 unspecified atom stereocenters. The van der Waals surface area contributed by atoms with Gasteiger partial charge in [0.15, 0.2) is 9.84 Å². The van der Waals surface area contributed by atoms with Gasteiger partial charge in [0.05, 0.1) is 34.2 Å². The Labute approximate surface area is 168 Å². The van der Waals surface area contributed by atoms with Crippen LogP contribution in [0.5, 0.6) is 0 Å². The summed E-state index contributed by atoms with van der Waals surface area (Å²) in [6.45, 7) is 4.82. The summed E-state index contributed by atoms with van der Waals surface area (Å²) in [5.41, 5.74) is 6.85. The number of hydrogen-bond acceptors (Lipinski definition) is 5. The van der Waals surface area contributed by atoms with Gasteiger partial charge in [-0.15, -0.1) is 11.3 Å². The Balaban J connectivity index is 1.72. The first kappa shape index (κ1) is 20.5. The number of nitrogens with two attached hydrogens (primary N) is 1. The maximum atomic E-state index is 12.4. The minimum atomic E-state index is -3.54. The van der Waals surface area contributed by atoms with Crippen molar-refractivity contribution >= 4 is 38.0 Å². The zero-order valence-electron chi connectivity index (χ0n) is 15.7. The van der Waals surface area contributed by atoms with Crippen molar-refractivity contribution in [2.75, 3.05) is 24.2 Å². The molecule has 1 aromatic carbocycles. The summed E-state index contributed by atoms with van der Waals surface area (Å²) < 4.78 is 24.7. The number of likely N-dealkylation sites (N-methyl/N-ethyl adjacent to an activating group) is 1. The maximum absolute atomic E-state index is 12.4. The number of thiophene rings is 1. The highest BCUT2D eigenvalue weighted by Crippen LogP contribution is 2.34. The number of benzene rings is 1. The van der Waals surface area contributed by atoms with Gasteiger partial charge in [0, 0.05) is 12.8 Å². The van der Waals surface area contributed by atoms with Gasteiger partial charge in [-0.1, -0.05) is 18.2 Å². The third-order valence-electron chi connectivity index (χ3n) is 4.93. The molecular weight excluding hydrogens is 398 g/mol. The van der Waals surface area contributed by atoms with E-state index in [0.29, 0.717) is 10.6 Å². The number of fused-ring (bicyclic) bond motifs is 1. The lowest BCUT2D eigenvalue weighted by Crippen LogP contribution is -3.11. The van der Waals surface area contributed by atoms with E-state index in [1.165, 1.54) is 28.4 Å². The molecule has 2 aromatic rings. The molecule has 2 heterocycles. The minimum Gasteiger partial charge on any atom is -0.365 e. The molecule has 2 amide bonds. The predicted molar refractivity (Wildman–Crippen MR) is 108 cm³/mol. The van der Waals surface area contributed by atoms with E-state index in [1.54, 1.807) is 18.2 Å². The molecule has 9 heteroatoms. The van der Waals surface area contributed by atoms with Crippen molar-refractivity contribution < 1.29 is 22.9 Å². The summed E-state index contributed by atoms with van der Waals surface area (Å²) in [6.07, 6.45) is 0.551. The molecule has 28 heavy (non-hydrogen) atoms. The monoisotopic (exact) mass is 422 g/mol. The van der Waals surface area contributed by atoms with Crippen LogP contribution in [0.4, 0.5) is 5.00 Å². The van der Waals surface area contributed by atoms with Crippen LogP contribution < -0.4 is 16.0 Å². The van der Waals surface area contributed by atoms with Gasteiger partial charge in [0.2, 0.25) is 5.91 Å². The van der Waals surface area contributed by atoms with Crippen molar-refractivity contribution in [1.82, 2.24) is 0 Å². The van der Waals surface area contributed by atoms with Crippen LogP contribution in [-0.4, -0.2) is 39.1 Å². The van der Waals surface area contributed by atoms with E-state index < -0.39 is 21.7 Å². The average Bonchev–Trinajstić information content (AvgIpc) is 3.04. The van der Waals surface area contributed by atoms with Crippen LogP contribution in [0.1, 0.15) is 34.1 Å². The van der Waals surface area contributed by atoms with Crippen LogP contribution in [0.25, 0.3) is 0 Å². The van der Waals surface area contributed by atoms with Crippen molar-refractivity contribution in [3.05, 3.63) is 46.3 Å². The number of carbonyl (C=O) groups excluding carboxylic acids is 2. The Morgan fingerprint density at radius 3 is 2.61 bits per heavy atom. The van der Waals surface area contributed by atoms with E-state index in [-0.39, 0.29) is 17.1 Å². The van der Waals surface area contributed by atoms with Gasteiger partial charge in [-0.3, -0.25) is 9.59 Å². The van der Waals surface area contributed by atoms with E-state index in [9.17, 15) is 18.0 Å². The molecule has 1 aliphatic heterocycles. The Bertz CT molecular complexity index is 984. The lowest BCUT2D eigenvalue weighted by atomic mass is 10.0. The molecule has 4 N–H and O–H groups in total. The zero-order chi connectivity index (χ0) is 20.3. The molecule has 0 spiro atoms. The molecule has 0 aliphatic carbocycles. The molecule has 1 aromatic heterocycles. The number of anilines is 1. The van der Waals surface area contributed by atoms with Gasteiger partial charge >= 0.3 is 0 Å². The number of sulfone groups is 1. The number of nitrogens with one attached hydrogen (secondary N) is 2. The summed E-state index contributed by atoms with van der Waals surface area (Å²) in [5, 5.41) is 3.14. The predicted octanol–water partition coefficient (Wildman–Crippen LogP) is 0.610. The van der Waals surface area contributed by atoms with E-state index in [1.807, 2.05) is 0 Å². The molecule has 1 aliphatic rings. The first-order chi connectivity index (χ1) is 13.3. The molecule has 150 valence electrons. The standard InChI is InChI=1S/C19H23N3O4S2/c1-2-22-10-8-14-15(12-22)27-19(17(14)18(20)24)21-16(23)9-11-28(25,26)13-6-4-3-5-7-13/h3-7H,2,8-12H2,1H3,(H2,20,24)(H,21,23)/p+1. The lowest BCUT2D eigenvalue weighted by Gasteiger charge is -2.22. The highest BCUT2D eigenvalue weighted by molar-refractivity contribution is 7.91. The normalized spacial score (nSPS) is 16.4. The van der Waals surface area contributed by atoms with Gasteiger partial charge in [0.1, 0.15) is 11.5 Å². The van der Waals surface area contributed by atoms with E-state index in [0.717, 1.165) is 36.5 Å². The Morgan fingerprint density at radius 2 is 1.96 bits per heavy atom. The third kappa shape index (κ3) is 4.43. The third-order valence-corrected chi connectivity index (χ3v) is 7.81. The first-order valence-corrected chi connectivity index (χ1v) is 11.6. The highest BCUT2D eigenvalue weighted by Gasteiger charge is 2.29. The van der Waals surface area contributed by atoms with Crippen LogP contribution in [0.3, 0.4) is 0 Å².